The molecule has 0 aliphatic carbocycles. The van der Waals surface area contributed by atoms with E-state index in [-0.39, 0.29) is 17.6 Å². The van der Waals surface area contributed by atoms with Crippen molar-refractivity contribution < 1.29 is 14.3 Å². The Labute approximate surface area is 93.0 Å². The van der Waals surface area contributed by atoms with Crippen molar-refractivity contribution in [3.8, 4) is 0 Å². The van der Waals surface area contributed by atoms with Gasteiger partial charge in [-0.15, -0.1) is 11.6 Å². The largest absolute Gasteiger partial charge is 0.462 e. The predicted octanol–water partition coefficient (Wildman–Crippen LogP) is 2.28. The van der Waals surface area contributed by atoms with Crippen molar-refractivity contribution in [3.05, 3.63) is 35.4 Å². The molecule has 0 aromatic heterocycles. The number of hydrogen-bond donors (Lipinski definition) is 0. The summed E-state index contributed by atoms with van der Waals surface area (Å²) in [4.78, 5) is 22.4. The molecule has 0 aliphatic rings. The van der Waals surface area contributed by atoms with Crippen LogP contribution in [0.2, 0.25) is 0 Å². The van der Waals surface area contributed by atoms with Crippen molar-refractivity contribution in [2.24, 2.45) is 0 Å². The summed E-state index contributed by atoms with van der Waals surface area (Å²) in [6.45, 7) is 2.07. The third-order valence-electron chi connectivity index (χ3n) is 1.84. The molecule has 1 aromatic rings. The SMILES string of the molecule is CCOC(=O)c1ccc(C(=O)CCl)cc1. The first kappa shape index (κ1) is 11.7. The summed E-state index contributed by atoms with van der Waals surface area (Å²) < 4.78 is 4.80. The molecule has 0 spiro atoms. The fourth-order valence-corrected chi connectivity index (χ4v) is 1.24. The summed E-state index contributed by atoms with van der Waals surface area (Å²) in [5, 5.41) is 0. The number of esters is 1. The number of ketones is 1. The maximum Gasteiger partial charge on any atom is 0.338 e. The second kappa shape index (κ2) is 5.51. The van der Waals surface area contributed by atoms with Crippen LogP contribution >= 0.6 is 11.6 Å². The zero-order valence-corrected chi connectivity index (χ0v) is 9.08. The van der Waals surface area contributed by atoms with Crippen molar-refractivity contribution in [1.29, 1.82) is 0 Å². The van der Waals surface area contributed by atoms with Crippen LogP contribution in [0, 0.1) is 0 Å². The minimum Gasteiger partial charge on any atom is -0.462 e. The first-order valence-corrected chi connectivity index (χ1v) is 5.08. The molecule has 0 heterocycles. The molecule has 80 valence electrons. The average Bonchev–Trinajstić information content (AvgIpc) is 2.28. The van der Waals surface area contributed by atoms with E-state index in [1.165, 1.54) is 0 Å². The molecule has 0 fully saturated rings. The van der Waals surface area contributed by atoms with E-state index in [2.05, 4.69) is 0 Å². The van der Waals surface area contributed by atoms with Gasteiger partial charge in [0.2, 0.25) is 0 Å². The van der Waals surface area contributed by atoms with E-state index in [1.54, 1.807) is 31.2 Å². The topological polar surface area (TPSA) is 43.4 Å². The van der Waals surface area contributed by atoms with Crippen LogP contribution in [0.15, 0.2) is 24.3 Å². The lowest BCUT2D eigenvalue weighted by Gasteiger charge is -2.02. The number of hydrogen-bond acceptors (Lipinski definition) is 3. The molecule has 0 saturated carbocycles. The number of carbonyl (C=O) groups excluding carboxylic acids is 2. The Kier molecular flexibility index (Phi) is 4.31. The van der Waals surface area contributed by atoms with Crippen LogP contribution in [-0.4, -0.2) is 24.2 Å². The van der Waals surface area contributed by atoms with E-state index in [0.717, 1.165) is 0 Å². The summed E-state index contributed by atoms with van der Waals surface area (Å²) in [5.74, 6) is -0.604. The van der Waals surface area contributed by atoms with Crippen LogP contribution in [-0.2, 0) is 4.74 Å². The van der Waals surface area contributed by atoms with Crippen LogP contribution in [0.4, 0.5) is 0 Å². The third-order valence-corrected chi connectivity index (χ3v) is 2.08. The summed E-state index contributed by atoms with van der Waals surface area (Å²) in [7, 11) is 0. The van der Waals surface area contributed by atoms with E-state index in [9.17, 15) is 9.59 Å². The normalized spacial score (nSPS) is 9.73. The van der Waals surface area contributed by atoms with E-state index >= 15 is 0 Å². The highest BCUT2D eigenvalue weighted by atomic mass is 35.5. The van der Waals surface area contributed by atoms with Gasteiger partial charge in [0.25, 0.3) is 0 Å². The molecule has 0 saturated heterocycles. The first-order valence-electron chi connectivity index (χ1n) is 4.55. The van der Waals surface area contributed by atoms with Crippen molar-refractivity contribution in [1.82, 2.24) is 0 Å². The van der Waals surface area contributed by atoms with Gasteiger partial charge in [-0.25, -0.2) is 4.79 Å². The molecule has 4 heteroatoms. The van der Waals surface area contributed by atoms with Gasteiger partial charge in [-0.3, -0.25) is 4.79 Å². The minimum atomic E-state index is -0.387. The number of rotatable bonds is 4. The summed E-state index contributed by atoms with van der Waals surface area (Å²) >= 11 is 5.40. The van der Waals surface area contributed by atoms with Gasteiger partial charge in [0.05, 0.1) is 18.1 Å². The lowest BCUT2D eigenvalue weighted by Crippen LogP contribution is -2.06. The van der Waals surface area contributed by atoms with Gasteiger partial charge in [-0.05, 0) is 19.1 Å². The smallest absolute Gasteiger partial charge is 0.338 e. The van der Waals surface area contributed by atoms with Gasteiger partial charge >= 0.3 is 5.97 Å². The standard InChI is InChI=1S/C11H11ClO3/c1-2-15-11(14)9-5-3-8(4-6-9)10(13)7-12/h3-6H,2,7H2,1H3. The Hall–Kier alpha value is -1.35. The second-order valence-corrected chi connectivity index (χ2v) is 3.12. The fourth-order valence-electron chi connectivity index (χ4n) is 1.08. The Bertz CT molecular complexity index is 357. The number of ether oxygens (including phenoxy) is 1. The molecule has 0 N–H and O–H groups in total. The summed E-state index contributed by atoms with van der Waals surface area (Å²) in [5.41, 5.74) is 0.932. The van der Waals surface area contributed by atoms with Crippen molar-refractivity contribution in [3.63, 3.8) is 0 Å². The predicted molar refractivity (Wildman–Crippen MR) is 57.4 cm³/mol. The van der Waals surface area contributed by atoms with Crippen LogP contribution in [0.5, 0.6) is 0 Å². The highest BCUT2D eigenvalue weighted by molar-refractivity contribution is 6.30. The maximum atomic E-state index is 11.3. The van der Waals surface area contributed by atoms with Gasteiger partial charge in [0, 0.05) is 5.56 Å². The highest BCUT2D eigenvalue weighted by Gasteiger charge is 2.08. The molecular weight excluding hydrogens is 216 g/mol. The summed E-state index contributed by atoms with van der Waals surface area (Å²) in [6, 6.07) is 6.24. The molecule has 1 rings (SSSR count). The maximum absolute atomic E-state index is 11.3. The molecule has 3 nitrogen and oxygen atoms in total. The van der Waals surface area contributed by atoms with Gasteiger partial charge < -0.3 is 4.74 Å². The Morgan fingerprint density at radius 1 is 1.20 bits per heavy atom. The number of alkyl halides is 1. The van der Waals surface area contributed by atoms with Crippen molar-refractivity contribution >= 4 is 23.4 Å². The minimum absolute atomic E-state index is 0.0568. The van der Waals surface area contributed by atoms with Crippen molar-refractivity contribution in [2.45, 2.75) is 6.92 Å². The van der Waals surface area contributed by atoms with E-state index < -0.39 is 0 Å². The fraction of sp³-hybridized carbons (Fsp3) is 0.273. The Morgan fingerprint density at radius 3 is 2.20 bits per heavy atom. The van der Waals surface area contributed by atoms with E-state index in [4.69, 9.17) is 16.3 Å². The van der Waals surface area contributed by atoms with E-state index in [0.29, 0.717) is 17.7 Å². The summed E-state index contributed by atoms with van der Waals surface area (Å²) in [6.07, 6.45) is 0. The van der Waals surface area contributed by atoms with Crippen LogP contribution in [0.1, 0.15) is 27.6 Å². The Morgan fingerprint density at radius 2 is 1.73 bits per heavy atom. The molecular formula is C11H11ClO3. The molecule has 0 amide bonds. The van der Waals surface area contributed by atoms with Crippen LogP contribution < -0.4 is 0 Å². The third kappa shape index (κ3) is 3.06. The molecule has 0 bridgehead atoms. The zero-order valence-electron chi connectivity index (χ0n) is 8.33. The monoisotopic (exact) mass is 226 g/mol. The number of Topliss-reactive ketones (excluding diaryl/α,β-unsaturated/α-hetero) is 1. The average molecular weight is 227 g/mol. The van der Waals surface area contributed by atoms with Crippen molar-refractivity contribution in [2.75, 3.05) is 12.5 Å². The lowest BCUT2D eigenvalue weighted by atomic mass is 10.1. The first-order chi connectivity index (χ1) is 7.19. The van der Waals surface area contributed by atoms with Crippen LogP contribution in [0.25, 0.3) is 0 Å². The number of carbonyl (C=O) groups is 2. The zero-order chi connectivity index (χ0) is 11.3. The second-order valence-electron chi connectivity index (χ2n) is 2.85. The molecule has 0 unspecified atom stereocenters. The van der Waals surface area contributed by atoms with Gasteiger partial charge in [0.15, 0.2) is 5.78 Å². The Balaban J connectivity index is 2.80. The molecule has 0 atom stereocenters. The quantitative estimate of drug-likeness (QED) is 0.450. The molecule has 1 aromatic carbocycles. The number of halogens is 1. The molecule has 15 heavy (non-hydrogen) atoms. The van der Waals surface area contributed by atoms with Gasteiger partial charge in [0.1, 0.15) is 0 Å². The van der Waals surface area contributed by atoms with E-state index in [1.807, 2.05) is 0 Å². The van der Waals surface area contributed by atoms with Gasteiger partial charge in [-0.2, -0.15) is 0 Å². The highest BCUT2D eigenvalue weighted by Crippen LogP contribution is 2.07. The molecule has 0 aliphatic heterocycles. The van der Waals surface area contributed by atoms with Gasteiger partial charge in [-0.1, -0.05) is 12.1 Å². The lowest BCUT2D eigenvalue weighted by molar-refractivity contribution is 0.0526. The van der Waals surface area contributed by atoms with Crippen LogP contribution in [0.3, 0.4) is 0 Å². The number of benzene rings is 1. The molecule has 0 radical (unpaired) electrons.